The van der Waals surface area contributed by atoms with Crippen LogP contribution in [0.5, 0.6) is 0 Å². The van der Waals surface area contributed by atoms with Gasteiger partial charge in [-0.2, -0.15) is 18.3 Å². The standard InChI is InChI=1S/C26H26F3N3S.C3H8.5C2H6/c1-18-8-11-23(12-9-18)32-24-13-10-21(14-22(24)16-30-32)25(20-6-4-3-5-7-20)19(2)15-31-33-17-26(27,28)29;1-3-2;5*1-2/h3-14,16,19,25,31H,15,17H2,1-2H3;3H2,1-2H3;5*1-2H3. The van der Waals surface area contributed by atoms with E-state index in [9.17, 15) is 13.2 Å². The second-order valence-corrected chi connectivity index (χ2v) is 9.90. The lowest BCUT2D eigenvalue weighted by Gasteiger charge is -2.25. The number of rotatable bonds is 8. The summed E-state index contributed by atoms with van der Waals surface area (Å²) in [6.07, 6.45) is -1.06. The van der Waals surface area contributed by atoms with Crippen molar-refractivity contribution in [2.45, 2.75) is 115 Å². The molecule has 7 heteroatoms. The third-order valence-electron chi connectivity index (χ3n) is 5.70. The molecular formula is C39H64F3N3S. The van der Waals surface area contributed by atoms with Crippen molar-refractivity contribution >= 4 is 22.9 Å². The maximum absolute atomic E-state index is 12.5. The summed E-state index contributed by atoms with van der Waals surface area (Å²) in [6, 6.07) is 24.7. The molecule has 4 rings (SSSR count). The number of aryl methyl sites for hydroxylation is 1. The Labute approximate surface area is 284 Å². The SMILES string of the molecule is CC.CC.CC.CC.CC.CCC.Cc1ccc(-n2ncc3cc(C(c4ccccc4)C(C)CNSCC(F)(F)F)ccc32)cc1. The third kappa shape index (κ3) is 17.8. The monoisotopic (exact) mass is 663 g/mol. The molecule has 2 unspecified atom stereocenters. The molecule has 4 aromatic rings. The topological polar surface area (TPSA) is 29.9 Å². The number of hydrogen-bond acceptors (Lipinski definition) is 3. The van der Waals surface area contributed by atoms with Crippen molar-refractivity contribution in [3.63, 3.8) is 0 Å². The Morgan fingerprint density at radius 2 is 1.28 bits per heavy atom. The summed E-state index contributed by atoms with van der Waals surface area (Å²) in [4.78, 5) is 0. The van der Waals surface area contributed by atoms with E-state index in [4.69, 9.17) is 0 Å². The first kappa shape index (κ1) is 47.6. The molecule has 0 aliphatic rings. The zero-order chi connectivity index (χ0) is 36.1. The Morgan fingerprint density at radius 1 is 0.761 bits per heavy atom. The molecule has 3 nitrogen and oxygen atoms in total. The second-order valence-electron chi connectivity index (χ2n) is 9.04. The van der Waals surface area contributed by atoms with Crippen LogP contribution < -0.4 is 4.72 Å². The summed E-state index contributed by atoms with van der Waals surface area (Å²) >= 11 is 0.712. The van der Waals surface area contributed by atoms with Crippen LogP contribution in [0.15, 0.2) is 79.0 Å². The lowest BCUT2D eigenvalue weighted by atomic mass is 9.81. The smallest absolute Gasteiger partial charge is 0.264 e. The first-order valence-corrected chi connectivity index (χ1v) is 18.2. The van der Waals surface area contributed by atoms with Gasteiger partial charge in [-0.25, -0.2) is 4.68 Å². The molecule has 0 saturated heterocycles. The Balaban J connectivity index is -0.00000126. The summed E-state index contributed by atoms with van der Waals surface area (Å²) in [6.45, 7) is 28.8. The van der Waals surface area contributed by atoms with E-state index in [2.05, 4.69) is 92.1 Å². The van der Waals surface area contributed by atoms with Crippen LogP contribution in [-0.2, 0) is 0 Å². The van der Waals surface area contributed by atoms with Gasteiger partial charge < -0.3 is 0 Å². The number of halogens is 3. The molecule has 0 radical (unpaired) electrons. The minimum atomic E-state index is -4.18. The Kier molecular flexibility index (Phi) is 30.7. The number of nitrogens with one attached hydrogen (secondary N) is 1. The lowest BCUT2D eigenvalue weighted by molar-refractivity contribution is -0.105. The zero-order valence-electron chi connectivity index (χ0n) is 31.2. The van der Waals surface area contributed by atoms with Crippen LogP contribution in [0.4, 0.5) is 13.2 Å². The van der Waals surface area contributed by atoms with Crippen LogP contribution in [0.1, 0.15) is 119 Å². The number of alkyl halides is 3. The van der Waals surface area contributed by atoms with Gasteiger partial charge in [0.05, 0.1) is 17.4 Å². The van der Waals surface area contributed by atoms with Crippen LogP contribution in [0.2, 0.25) is 0 Å². The summed E-state index contributed by atoms with van der Waals surface area (Å²) in [5.74, 6) is -0.782. The molecule has 0 spiro atoms. The molecule has 3 aromatic carbocycles. The van der Waals surface area contributed by atoms with Crippen molar-refractivity contribution in [3.05, 3.63) is 95.7 Å². The Hall–Kier alpha value is -2.77. The summed E-state index contributed by atoms with van der Waals surface area (Å²) in [7, 11) is 0. The Bertz CT molecular complexity index is 1210. The molecule has 1 aromatic heterocycles. The fraction of sp³-hybridized carbons (Fsp3) is 0.513. The van der Waals surface area contributed by atoms with E-state index >= 15 is 0 Å². The van der Waals surface area contributed by atoms with Gasteiger partial charge in [0.15, 0.2) is 0 Å². The van der Waals surface area contributed by atoms with E-state index in [1.807, 2.05) is 98.3 Å². The molecule has 46 heavy (non-hydrogen) atoms. The van der Waals surface area contributed by atoms with Crippen LogP contribution in [0.3, 0.4) is 0 Å². The molecule has 0 aliphatic heterocycles. The van der Waals surface area contributed by atoms with Crippen LogP contribution in [-0.4, -0.2) is 28.3 Å². The van der Waals surface area contributed by atoms with E-state index in [1.54, 1.807) is 0 Å². The highest BCUT2D eigenvalue weighted by Gasteiger charge is 2.28. The first-order chi connectivity index (χ1) is 22.2. The minimum absolute atomic E-state index is 0.0392. The molecule has 0 aliphatic carbocycles. The third-order valence-corrected chi connectivity index (χ3v) is 6.54. The Morgan fingerprint density at radius 3 is 1.78 bits per heavy atom. The molecular weight excluding hydrogens is 600 g/mol. The van der Waals surface area contributed by atoms with Crippen LogP contribution in [0.25, 0.3) is 16.6 Å². The highest BCUT2D eigenvalue weighted by Crippen LogP contribution is 2.34. The summed E-state index contributed by atoms with van der Waals surface area (Å²) < 4.78 is 42.3. The number of benzene rings is 3. The van der Waals surface area contributed by atoms with E-state index in [1.165, 1.54) is 12.0 Å². The molecule has 0 bridgehead atoms. The number of aromatic nitrogens is 2. The van der Waals surface area contributed by atoms with Gasteiger partial charge in [-0.15, -0.1) is 0 Å². The van der Waals surface area contributed by atoms with Crippen LogP contribution >= 0.6 is 11.9 Å². The molecule has 1 N–H and O–H groups in total. The predicted molar refractivity (Wildman–Crippen MR) is 202 cm³/mol. The van der Waals surface area contributed by atoms with Crippen molar-refractivity contribution in [1.29, 1.82) is 0 Å². The highest BCUT2D eigenvalue weighted by molar-refractivity contribution is 7.97. The maximum Gasteiger partial charge on any atom is 0.399 e. The molecule has 262 valence electrons. The molecule has 0 saturated carbocycles. The van der Waals surface area contributed by atoms with Gasteiger partial charge >= 0.3 is 6.18 Å². The van der Waals surface area contributed by atoms with Gasteiger partial charge in [-0.05, 0) is 48.2 Å². The van der Waals surface area contributed by atoms with Crippen molar-refractivity contribution in [2.75, 3.05) is 12.3 Å². The molecule has 0 fully saturated rings. The fourth-order valence-corrected chi connectivity index (χ4v) is 4.73. The van der Waals surface area contributed by atoms with Gasteiger partial charge in [0.1, 0.15) is 5.75 Å². The van der Waals surface area contributed by atoms with Crippen molar-refractivity contribution in [1.82, 2.24) is 14.5 Å². The van der Waals surface area contributed by atoms with Crippen molar-refractivity contribution in [3.8, 4) is 5.69 Å². The van der Waals surface area contributed by atoms with Crippen LogP contribution in [0, 0.1) is 12.8 Å². The van der Waals surface area contributed by atoms with Crippen molar-refractivity contribution in [2.24, 2.45) is 5.92 Å². The largest absolute Gasteiger partial charge is 0.399 e. The average molecular weight is 664 g/mol. The van der Waals surface area contributed by atoms with Gasteiger partial charge in [-0.3, -0.25) is 4.72 Å². The van der Waals surface area contributed by atoms with E-state index in [-0.39, 0.29) is 11.8 Å². The van der Waals surface area contributed by atoms with Gasteiger partial charge in [0.25, 0.3) is 0 Å². The van der Waals surface area contributed by atoms with E-state index in [0.717, 1.165) is 27.7 Å². The summed E-state index contributed by atoms with van der Waals surface area (Å²) in [5.41, 5.74) is 5.47. The van der Waals surface area contributed by atoms with E-state index < -0.39 is 11.9 Å². The molecule has 0 amide bonds. The number of hydrogen-bond donors (Lipinski definition) is 1. The molecule has 1 heterocycles. The normalized spacial score (nSPS) is 11.0. The quantitative estimate of drug-likeness (QED) is 0.150. The average Bonchev–Trinajstić information content (AvgIpc) is 3.52. The number of fused-ring (bicyclic) bond motifs is 1. The number of nitrogens with zero attached hydrogens (tertiary/aromatic N) is 2. The van der Waals surface area contributed by atoms with Gasteiger partial charge in [0, 0.05) is 17.8 Å². The molecule has 2 atom stereocenters. The van der Waals surface area contributed by atoms with Gasteiger partial charge in [0.2, 0.25) is 0 Å². The zero-order valence-corrected chi connectivity index (χ0v) is 32.0. The minimum Gasteiger partial charge on any atom is -0.264 e. The maximum atomic E-state index is 12.5. The lowest BCUT2D eigenvalue weighted by Crippen LogP contribution is -2.24. The first-order valence-electron chi connectivity index (χ1n) is 17.2. The van der Waals surface area contributed by atoms with Gasteiger partial charge in [-0.1, -0.05) is 162 Å². The van der Waals surface area contributed by atoms with E-state index in [0.29, 0.717) is 18.5 Å². The predicted octanol–water partition coefficient (Wildman–Crippen LogP) is 13.4. The summed E-state index contributed by atoms with van der Waals surface area (Å²) in [5, 5.41) is 5.62. The fourth-order valence-electron chi connectivity index (χ4n) is 4.09. The second kappa shape index (κ2) is 29.6. The van der Waals surface area contributed by atoms with Crippen molar-refractivity contribution < 1.29 is 13.2 Å². The highest BCUT2D eigenvalue weighted by atomic mass is 32.2.